The highest BCUT2D eigenvalue weighted by molar-refractivity contribution is 6.33. The van der Waals surface area contributed by atoms with Gasteiger partial charge < -0.3 is 25.8 Å². The summed E-state index contributed by atoms with van der Waals surface area (Å²) in [5.41, 5.74) is 7.78. The molecule has 0 spiro atoms. The van der Waals surface area contributed by atoms with Gasteiger partial charge in [0.2, 0.25) is 0 Å². The fourth-order valence-corrected chi connectivity index (χ4v) is 3.45. The molecule has 2 aliphatic rings. The minimum atomic E-state index is -0.203. The lowest BCUT2D eigenvalue weighted by atomic mass is 10.0. The average molecular weight is 340 g/mol. The Balaban J connectivity index is 1.86. The Kier molecular flexibility index (Phi) is 4.66. The smallest absolute Gasteiger partial charge is 0.255 e. The Morgan fingerprint density at radius 3 is 3.09 bits per heavy atom. The predicted octanol–water partition coefficient (Wildman–Crippen LogP) is 1.35. The summed E-state index contributed by atoms with van der Waals surface area (Å²) < 4.78 is 11.2. The SMILES string of the molecule is COC1CNCCC1NC(=O)c1cc(Cl)c(N)c2c1OC(C)C2. The van der Waals surface area contributed by atoms with Crippen LogP contribution in [-0.2, 0) is 11.2 Å². The van der Waals surface area contributed by atoms with Crippen molar-refractivity contribution in [1.82, 2.24) is 10.6 Å². The molecule has 0 saturated carbocycles. The largest absolute Gasteiger partial charge is 0.489 e. The Morgan fingerprint density at radius 1 is 1.57 bits per heavy atom. The molecule has 1 fully saturated rings. The quantitative estimate of drug-likeness (QED) is 0.724. The molecule has 1 aromatic carbocycles. The molecule has 23 heavy (non-hydrogen) atoms. The summed E-state index contributed by atoms with van der Waals surface area (Å²) in [5, 5.41) is 6.69. The van der Waals surface area contributed by atoms with Crippen molar-refractivity contribution in [3.8, 4) is 5.75 Å². The van der Waals surface area contributed by atoms with Crippen LogP contribution in [0.25, 0.3) is 0 Å². The molecule has 1 saturated heterocycles. The predicted molar refractivity (Wildman–Crippen MR) is 89.2 cm³/mol. The third-order valence-electron chi connectivity index (χ3n) is 4.47. The first kappa shape index (κ1) is 16.4. The zero-order chi connectivity index (χ0) is 16.6. The number of anilines is 1. The van der Waals surface area contributed by atoms with Crippen LogP contribution in [0.3, 0.4) is 0 Å². The summed E-state index contributed by atoms with van der Waals surface area (Å²) in [7, 11) is 1.65. The summed E-state index contributed by atoms with van der Waals surface area (Å²) in [6.07, 6.45) is 1.41. The lowest BCUT2D eigenvalue weighted by Gasteiger charge is -2.31. The maximum atomic E-state index is 12.7. The molecule has 3 rings (SSSR count). The van der Waals surface area contributed by atoms with E-state index in [2.05, 4.69) is 10.6 Å². The Morgan fingerprint density at radius 2 is 2.35 bits per heavy atom. The fraction of sp³-hybridized carbons (Fsp3) is 0.562. The standard InChI is InChI=1S/C16H22ClN3O3/c1-8-5-9-14(18)11(17)6-10(15(9)23-8)16(21)20-12-3-4-19-7-13(12)22-2/h6,8,12-13,19H,3-5,7,18H2,1-2H3,(H,20,21). The maximum Gasteiger partial charge on any atom is 0.255 e. The maximum absolute atomic E-state index is 12.7. The van der Waals surface area contributed by atoms with Gasteiger partial charge in [0.15, 0.2) is 0 Å². The van der Waals surface area contributed by atoms with Gasteiger partial charge in [-0.3, -0.25) is 4.79 Å². The average Bonchev–Trinajstić information content (AvgIpc) is 2.93. The van der Waals surface area contributed by atoms with E-state index in [9.17, 15) is 4.79 Å². The molecule has 7 heteroatoms. The van der Waals surface area contributed by atoms with Crippen molar-refractivity contribution >= 4 is 23.2 Å². The molecule has 4 N–H and O–H groups in total. The molecule has 0 bridgehead atoms. The van der Waals surface area contributed by atoms with E-state index in [4.69, 9.17) is 26.8 Å². The van der Waals surface area contributed by atoms with Crippen LogP contribution in [0.1, 0.15) is 29.3 Å². The monoisotopic (exact) mass is 339 g/mol. The van der Waals surface area contributed by atoms with Gasteiger partial charge in [-0.1, -0.05) is 11.6 Å². The molecule has 3 unspecified atom stereocenters. The van der Waals surface area contributed by atoms with Crippen LogP contribution in [0.5, 0.6) is 5.75 Å². The zero-order valence-electron chi connectivity index (χ0n) is 13.3. The van der Waals surface area contributed by atoms with Crippen LogP contribution in [0.15, 0.2) is 6.07 Å². The normalized spacial score (nSPS) is 26.5. The van der Waals surface area contributed by atoms with E-state index in [0.717, 1.165) is 25.1 Å². The number of nitrogens with one attached hydrogen (secondary N) is 2. The summed E-state index contributed by atoms with van der Waals surface area (Å²) in [6.45, 7) is 3.51. The number of methoxy groups -OCH3 is 1. The van der Waals surface area contributed by atoms with Crippen LogP contribution < -0.4 is 21.1 Å². The third-order valence-corrected chi connectivity index (χ3v) is 4.79. The lowest BCUT2D eigenvalue weighted by Crippen LogP contribution is -2.53. The number of ether oxygens (including phenoxy) is 2. The highest BCUT2D eigenvalue weighted by Crippen LogP contribution is 2.40. The van der Waals surface area contributed by atoms with E-state index in [-0.39, 0.29) is 24.2 Å². The van der Waals surface area contributed by atoms with Gasteiger partial charge in [0.05, 0.1) is 28.4 Å². The second-order valence-electron chi connectivity index (χ2n) is 6.11. The van der Waals surface area contributed by atoms with Gasteiger partial charge in [-0.25, -0.2) is 0 Å². The fourth-order valence-electron chi connectivity index (χ4n) is 3.22. The Bertz CT molecular complexity index is 623. The van der Waals surface area contributed by atoms with E-state index in [1.54, 1.807) is 13.2 Å². The number of amides is 1. The van der Waals surface area contributed by atoms with Crippen molar-refractivity contribution in [2.45, 2.75) is 38.0 Å². The minimum Gasteiger partial charge on any atom is -0.489 e. The lowest BCUT2D eigenvalue weighted by molar-refractivity contribution is 0.0475. The number of benzene rings is 1. The molecule has 3 atom stereocenters. The molecular weight excluding hydrogens is 318 g/mol. The van der Waals surface area contributed by atoms with Crippen LogP contribution in [-0.4, -0.2) is 44.4 Å². The van der Waals surface area contributed by atoms with Gasteiger partial charge in [0.1, 0.15) is 11.9 Å². The molecule has 126 valence electrons. The highest BCUT2D eigenvalue weighted by atomic mass is 35.5. The Labute approximate surface area is 140 Å². The minimum absolute atomic E-state index is 0.0112. The third kappa shape index (κ3) is 3.11. The second-order valence-corrected chi connectivity index (χ2v) is 6.51. The second kappa shape index (κ2) is 6.55. The number of hydrogen-bond donors (Lipinski definition) is 3. The number of carbonyl (C=O) groups is 1. The van der Waals surface area contributed by atoms with Crippen LogP contribution in [0.4, 0.5) is 5.69 Å². The summed E-state index contributed by atoms with van der Waals surface area (Å²) in [5.74, 6) is 0.353. The molecule has 0 aromatic heterocycles. The topological polar surface area (TPSA) is 85.6 Å². The first-order chi connectivity index (χ1) is 11.0. The van der Waals surface area contributed by atoms with Crippen LogP contribution >= 0.6 is 11.6 Å². The van der Waals surface area contributed by atoms with E-state index in [0.29, 0.717) is 28.4 Å². The number of piperidine rings is 1. The van der Waals surface area contributed by atoms with Crippen molar-refractivity contribution in [2.75, 3.05) is 25.9 Å². The van der Waals surface area contributed by atoms with Crippen LogP contribution in [0, 0.1) is 0 Å². The number of carbonyl (C=O) groups excluding carboxylic acids is 1. The van der Waals surface area contributed by atoms with Gasteiger partial charge in [-0.2, -0.15) is 0 Å². The molecule has 2 heterocycles. The van der Waals surface area contributed by atoms with Crippen molar-refractivity contribution in [3.05, 3.63) is 22.2 Å². The number of hydrogen-bond acceptors (Lipinski definition) is 5. The first-order valence-corrected chi connectivity index (χ1v) is 8.21. The molecule has 6 nitrogen and oxygen atoms in total. The molecule has 0 aliphatic carbocycles. The molecule has 1 aromatic rings. The number of nitrogens with two attached hydrogens (primary N) is 1. The van der Waals surface area contributed by atoms with Gasteiger partial charge in [-0.15, -0.1) is 0 Å². The van der Waals surface area contributed by atoms with Crippen LogP contribution in [0.2, 0.25) is 5.02 Å². The number of fused-ring (bicyclic) bond motifs is 1. The van der Waals surface area contributed by atoms with Gasteiger partial charge in [0.25, 0.3) is 5.91 Å². The molecular formula is C16H22ClN3O3. The van der Waals surface area contributed by atoms with E-state index in [1.807, 2.05) is 6.92 Å². The molecule has 2 aliphatic heterocycles. The first-order valence-electron chi connectivity index (χ1n) is 7.83. The van der Waals surface area contributed by atoms with Crippen molar-refractivity contribution in [2.24, 2.45) is 0 Å². The van der Waals surface area contributed by atoms with Gasteiger partial charge in [0, 0.05) is 25.6 Å². The summed E-state index contributed by atoms with van der Waals surface area (Å²) in [6, 6.07) is 1.55. The van der Waals surface area contributed by atoms with E-state index < -0.39 is 0 Å². The Hall–Kier alpha value is -1.50. The van der Waals surface area contributed by atoms with Gasteiger partial charge >= 0.3 is 0 Å². The zero-order valence-corrected chi connectivity index (χ0v) is 14.1. The van der Waals surface area contributed by atoms with Crippen molar-refractivity contribution in [1.29, 1.82) is 0 Å². The number of rotatable bonds is 3. The molecule has 0 radical (unpaired) electrons. The van der Waals surface area contributed by atoms with Gasteiger partial charge in [-0.05, 0) is 26.0 Å². The molecule has 1 amide bonds. The van der Waals surface area contributed by atoms with Crippen molar-refractivity contribution in [3.63, 3.8) is 0 Å². The van der Waals surface area contributed by atoms with Crippen molar-refractivity contribution < 1.29 is 14.3 Å². The van der Waals surface area contributed by atoms with E-state index >= 15 is 0 Å². The summed E-state index contributed by atoms with van der Waals surface area (Å²) >= 11 is 6.19. The highest BCUT2D eigenvalue weighted by Gasteiger charge is 2.31. The van der Waals surface area contributed by atoms with E-state index in [1.165, 1.54) is 0 Å². The number of nitrogen functional groups attached to an aromatic ring is 1. The number of halogens is 1. The summed E-state index contributed by atoms with van der Waals surface area (Å²) in [4.78, 5) is 12.7.